The summed E-state index contributed by atoms with van der Waals surface area (Å²) in [5, 5.41) is 3.49. The molecule has 2 rings (SSSR count). The first-order valence-corrected chi connectivity index (χ1v) is 7.87. The van der Waals surface area contributed by atoms with Crippen LogP contribution in [0.1, 0.15) is 31.2 Å². The van der Waals surface area contributed by atoms with Gasteiger partial charge in [-0.3, -0.25) is 0 Å². The lowest BCUT2D eigenvalue weighted by atomic mass is 10.1. The van der Waals surface area contributed by atoms with Crippen molar-refractivity contribution in [2.45, 2.75) is 30.4 Å². The summed E-state index contributed by atoms with van der Waals surface area (Å²) in [4.78, 5) is 0. The maximum Gasteiger partial charge on any atom is 0.0580 e. The molecule has 0 amide bonds. The van der Waals surface area contributed by atoms with Gasteiger partial charge in [-0.2, -0.15) is 11.8 Å². The second-order valence-corrected chi connectivity index (χ2v) is 6.14. The first-order valence-electron chi connectivity index (χ1n) is 6.64. The quantitative estimate of drug-likeness (QED) is 0.658. The third kappa shape index (κ3) is 3.80. The first kappa shape index (κ1) is 13.5. The average Bonchev–Trinajstić information content (AvgIpc) is 2.89. The normalized spacial score (nSPS) is 17.2. The molecule has 0 unspecified atom stereocenters. The van der Waals surface area contributed by atoms with Crippen molar-refractivity contribution >= 4 is 11.8 Å². The van der Waals surface area contributed by atoms with E-state index in [1.807, 2.05) is 42.1 Å². The molecule has 2 heteroatoms. The molecule has 1 fully saturated rings. The lowest BCUT2D eigenvalue weighted by Crippen LogP contribution is -2.35. The lowest BCUT2D eigenvalue weighted by molar-refractivity contribution is 0.556. The van der Waals surface area contributed by atoms with E-state index in [1.54, 1.807) is 0 Å². The molecule has 1 N–H and O–H groups in total. The fourth-order valence-electron chi connectivity index (χ4n) is 2.49. The van der Waals surface area contributed by atoms with E-state index in [-0.39, 0.29) is 0 Å². The summed E-state index contributed by atoms with van der Waals surface area (Å²) >= 11 is 2.02. The van der Waals surface area contributed by atoms with Crippen LogP contribution in [-0.2, 0) is 0 Å². The van der Waals surface area contributed by atoms with Crippen molar-refractivity contribution in [3.8, 4) is 11.8 Å². The Bertz CT molecular complexity index is 410. The maximum atomic E-state index is 3.49. The van der Waals surface area contributed by atoms with E-state index in [9.17, 15) is 0 Å². The Hall–Kier alpha value is -0.910. The fraction of sp³-hybridized carbons (Fsp3) is 0.500. The van der Waals surface area contributed by atoms with Crippen molar-refractivity contribution in [1.29, 1.82) is 0 Å². The molecule has 1 nitrogen and oxygen atoms in total. The fourth-order valence-corrected chi connectivity index (χ4v) is 3.44. The summed E-state index contributed by atoms with van der Waals surface area (Å²) in [6, 6.07) is 10.2. The SMILES string of the molecule is CSC1(CNCC#Cc2ccccc2)CCCC1. The number of hydrogen-bond acceptors (Lipinski definition) is 2. The van der Waals surface area contributed by atoms with Crippen molar-refractivity contribution in [2.24, 2.45) is 0 Å². The number of nitrogens with one attached hydrogen (secondary N) is 1. The smallest absolute Gasteiger partial charge is 0.0580 e. The van der Waals surface area contributed by atoms with Crippen molar-refractivity contribution in [2.75, 3.05) is 19.3 Å². The molecule has 0 heterocycles. The van der Waals surface area contributed by atoms with Crippen LogP contribution < -0.4 is 5.32 Å². The van der Waals surface area contributed by atoms with Gasteiger partial charge in [-0.15, -0.1) is 0 Å². The van der Waals surface area contributed by atoms with E-state index in [4.69, 9.17) is 0 Å². The number of hydrogen-bond donors (Lipinski definition) is 1. The molecule has 0 aromatic heterocycles. The van der Waals surface area contributed by atoms with Crippen molar-refractivity contribution in [1.82, 2.24) is 5.32 Å². The van der Waals surface area contributed by atoms with Gasteiger partial charge in [-0.25, -0.2) is 0 Å². The zero-order chi connectivity index (χ0) is 12.7. The molecule has 0 atom stereocenters. The van der Waals surface area contributed by atoms with Gasteiger partial charge in [0.25, 0.3) is 0 Å². The minimum atomic E-state index is 0.481. The Balaban J connectivity index is 1.75. The lowest BCUT2D eigenvalue weighted by Gasteiger charge is -2.26. The summed E-state index contributed by atoms with van der Waals surface area (Å²) in [6.07, 6.45) is 7.72. The van der Waals surface area contributed by atoms with E-state index >= 15 is 0 Å². The van der Waals surface area contributed by atoms with E-state index in [2.05, 4.69) is 23.4 Å². The van der Waals surface area contributed by atoms with Crippen LogP contribution in [0.4, 0.5) is 0 Å². The van der Waals surface area contributed by atoms with E-state index in [0.717, 1.165) is 18.7 Å². The van der Waals surface area contributed by atoms with Gasteiger partial charge in [0, 0.05) is 16.9 Å². The molecule has 1 aromatic carbocycles. The van der Waals surface area contributed by atoms with Gasteiger partial charge in [0.15, 0.2) is 0 Å². The predicted molar refractivity (Wildman–Crippen MR) is 80.9 cm³/mol. The second-order valence-electron chi connectivity index (χ2n) is 4.87. The molecular weight excluding hydrogens is 238 g/mol. The highest BCUT2D eigenvalue weighted by molar-refractivity contribution is 8.00. The predicted octanol–water partition coefficient (Wildman–Crippen LogP) is 3.30. The summed E-state index contributed by atoms with van der Waals surface area (Å²) in [5.74, 6) is 6.38. The van der Waals surface area contributed by atoms with Crippen molar-refractivity contribution in [3.05, 3.63) is 35.9 Å². The third-order valence-corrected chi connectivity index (χ3v) is 5.03. The first-order chi connectivity index (χ1) is 8.85. The Morgan fingerprint density at radius 1 is 1.22 bits per heavy atom. The van der Waals surface area contributed by atoms with E-state index in [1.165, 1.54) is 25.7 Å². The largest absolute Gasteiger partial charge is 0.305 e. The Morgan fingerprint density at radius 2 is 1.94 bits per heavy atom. The Kier molecular flexibility index (Phi) is 5.16. The summed E-state index contributed by atoms with van der Waals surface area (Å²) in [7, 11) is 0. The molecule has 0 spiro atoms. The number of thioether (sulfide) groups is 1. The van der Waals surface area contributed by atoms with Crippen LogP contribution in [0.3, 0.4) is 0 Å². The van der Waals surface area contributed by atoms with Gasteiger partial charge in [0.05, 0.1) is 6.54 Å². The molecular formula is C16H21NS. The van der Waals surface area contributed by atoms with Crippen molar-refractivity contribution in [3.63, 3.8) is 0 Å². The Labute approximate surface area is 115 Å². The molecule has 18 heavy (non-hydrogen) atoms. The second kappa shape index (κ2) is 6.87. The van der Waals surface area contributed by atoms with Gasteiger partial charge < -0.3 is 5.32 Å². The molecule has 0 aliphatic heterocycles. The Morgan fingerprint density at radius 3 is 2.61 bits per heavy atom. The molecule has 1 aromatic rings. The van der Waals surface area contributed by atoms with Crippen LogP contribution in [0.5, 0.6) is 0 Å². The molecule has 0 bridgehead atoms. The average molecular weight is 259 g/mol. The van der Waals surface area contributed by atoms with Gasteiger partial charge in [-0.05, 0) is 31.2 Å². The van der Waals surface area contributed by atoms with E-state index in [0.29, 0.717) is 4.75 Å². The van der Waals surface area contributed by atoms with Crippen molar-refractivity contribution < 1.29 is 0 Å². The van der Waals surface area contributed by atoms with Gasteiger partial charge in [-0.1, -0.05) is 42.9 Å². The molecule has 1 aliphatic carbocycles. The molecule has 0 saturated heterocycles. The highest BCUT2D eigenvalue weighted by Crippen LogP contribution is 2.39. The maximum absolute atomic E-state index is 3.49. The number of benzene rings is 1. The summed E-state index contributed by atoms with van der Waals surface area (Å²) in [6.45, 7) is 1.88. The standard InChI is InChI=1S/C16H21NS/c1-18-16(11-5-6-12-16)14-17-13-7-10-15-8-3-2-4-9-15/h2-4,8-9,17H,5-6,11-14H2,1H3. The molecule has 1 aliphatic rings. The monoisotopic (exact) mass is 259 g/mol. The van der Waals surface area contributed by atoms with Crippen LogP contribution in [0.2, 0.25) is 0 Å². The minimum absolute atomic E-state index is 0.481. The molecule has 0 radical (unpaired) electrons. The zero-order valence-corrected chi connectivity index (χ0v) is 11.9. The van der Waals surface area contributed by atoms with Crippen LogP contribution in [-0.4, -0.2) is 24.1 Å². The summed E-state index contributed by atoms with van der Waals surface area (Å²) < 4.78 is 0.481. The zero-order valence-electron chi connectivity index (χ0n) is 11.0. The van der Waals surface area contributed by atoms with E-state index < -0.39 is 0 Å². The van der Waals surface area contributed by atoms with Gasteiger partial charge in [0.1, 0.15) is 0 Å². The minimum Gasteiger partial charge on any atom is -0.305 e. The van der Waals surface area contributed by atoms with Crippen LogP contribution in [0, 0.1) is 11.8 Å². The third-order valence-electron chi connectivity index (χ3n) is 3.61. The molecule has 1 saturated carbocycles. The highest BCUT2D eigenvalue weighted by atomic mass is 32.2. The molecule has 96 valence electrons. The highest BCUT2D eigenvalue weighted by Gasteiger charge is 2.32. The van der Waals surface area contributed by atoms with Crippen LogP contribution >= 0.6 is 11.8 Å². The topological polar surface area (TPSA) is 12.0 Å². The van der Waals surface area contributed by atoms with Crippen LogP contribution in [0.25, 0.3) is 0 Å². The van der Waals surface area contributed by atoms with Gasteiger partial charge in [0.2, 0.25) is 0 Å². The van der Waals surface area contributed by atoms with Gasteiger partial charge >= 0.3 is 0 Å². The van der Waals surface area contributed by atoms with Crippen LogP contribution in [0.15, 0.2) is 30.3 Å². The number of rotatable bonds is 4. The summed E-state index contributed by atoms with van der Waals surface area (Å²) in [5.41, 5.74) is 1.10.